The smallest absolute Gasteiger partial charge is 0.346 e. The SMILES string of the molecule is CC(C)n1ncnc1C(=O)NC(c1nc2c(F)c(C(CC(F)F)C(=O)NCC(F)(F)F)ccc2[nH]1)C1CCC(F)(F)CC1. The number of amides is 2. The first-order valence-electron chi connectivity index (χ1n) is 13.4. The molecule has 2 unspecified atom stereocenters. The summed E-state index contributed by atoms with van der Waals surface area (Å²) in [4.78, 5) is 36.7. The van der Waals surface area contributed by atoms with Gasteiger partial charge in [0.1, 0.15) is 24.2 Å². The molecule has 1 saturated carbocycles. The second-order valence-electron chi connectivity index (χ2n) is 10.8. The Balaban J connectivity index is 1.70. The van der Waals surface area contributed by atoms with Gasteiger partial charge in [0.05, 0.1) is 17.5 Å². The zero-order valence-electron chi connectivity index (χ0n) is 23.0. The molecular formula is C26H29F8N7O2. The van der Waals surface area contributed by atoms with E-state index in [1.165, 1.54) is 22.4 Å². The van der Waals surface area contributed by atoms with Gasteiger partial charge in [-0.05, 0) is 38.7 Å². The van der Waals surface area contributed by atoms with Gasteiger partial charge in [0, 0.05) is 30.9 Å². The Kier molecular flexibility index (Phi) is 9.30. The third-order valence-electron chi connectivity index (χ3n) is 7.29. The number of carbonyl (C=O) groups is 2. The molecule has 2 amide bonds. The number of nitrogens with zero attached hydrogens (tertiary/aromatic N) is 4. The molecule has 4 rings (SSSR count). The minimum Gasteiger partial charge on any atom is -0.346 e. The van der Waals surface area contributed by atoms with Crippen molar-refractivity contribution < 1.29 is 44.7 Å². The predicted molar refractivity (Wildman–Crippen MR) is 136 cm³/mol. The van der Waals surface area contributed by atoms with Crippen LogP contribution in [0.1, 0.15) is 86.0 Å². The van der Waals surface area contributed by atoms with Gasteiger partial charge in [-0.25, -0.2) is 36.6 Å². The van der Waals surface area contributed by atoms with Gasteiger partial charge in [0.25, 0.3) is 5.91 Å². The number of benzene rings is 1. The zero-order valence-corrected chi connectivity index (χ0v) is 23.0. The molecule has 0 saturated heterocycles. The van der Waals surface area contributed by atoms with E-state index < -0.39 is 90.9 Å². The normalized spacial score (nSPS) is 17.4. The van der Waals surface area contributed by atoms with E-state index >= 15 is 4.39 Å². The maximum Gasteiger partial charge on any atom is 0.405 e. The highest BCUT2D eigenvalue weighted by Gasteiger charge is 2.40. The van der Waals surface area contributed by atoms with Crippen molar-refractivity contribution in [1.29, 1.82) is 0 Å². The molecular weight excluding hydrogens is 594 g/mol. The minimum absolute atomic E-state index is 0.0184. The molecule has 43 heavy (non-hydrogen) atoms. The van der Waals surface area contributed by atoms with Gasteiger partial charge in [-0.3, -0.25) is 9.59 Å². The second kappa shape index (κ2) is 12.4. The van der Waals surface area contributed by atoms with Crippen molar-refractivity contribution in [1.82, 2.24) is 35.4 Å². The monoisotopic (exact) mass is 623 g/mol. The molecule has 0 bridgehead atoms. The molecule has 1 aliphatic carbocycles. The first-order chi connectivity index (χ1) is 20.1. The summed E-state index contributed by atoms with van der Waals surface area (Å²) in [6.45, 7) is 1.72. The molecule has 0 aliphatic heterocycles. The van der Waals surface area contributed by atoms with Crippen molar-refractivity contribution in [2.45, 2.75) is 82.5 Å². The Morgan fingerprint density at radius 2 is 1.84 bits per heavy atom. The van der Waals surface area contributed by atoms with Crippen molar-refractivity contribution in [2.24, 2.45) is 5.92 Å². The third-order valence-corrected chi connectivity index (χ3v) is 7.29. The summed E-state index contributed by atoms with van der Waals surface area (Å²) in [6, 6.07) is 0.911. The Morgan fingerprint density at radius 3 is 2.44 bits per heavy atom. The second-order valence-corrected chi connectivity index (χ2v) is 10.8. The van der Waals surface area contributed by atoms with Gasteiger partial charge in [0.2, 0.25) is 24.1 Å². The summed E-state index contributed by atoms with van der Waals surface area (Å²) in [5.41, 5.74) is -1.01. The summed E-state index contributed by atoms with van der Waals surface area (Å²) in [5.74, 6) is -8.91. The Morgan fingerprint density at radius 1 is 1.16 bits per heavy atom. The topological polar surface area (TPSA) is 118 Å². The van der Waals surface area contributed by atoms with Crippen LogP contribution in [-0.4, -0.2) is 61.6 Å². The number of alkyl halides is 7. The van der Waals surface area contributed by atoms with Crippen LogP contribution < -0.4 is 10.6 Å². The Bertz CT molecular complexity index is 1440. The zero-order chi connectivity index (χ0) is 31.7. The van der Waals surface area contributed by atoms with Crippen LogP contribution in [0.2, 0.25) is 0 Å². The molecule has 17 heteroatoms. The van der Waals surface area contributed by atoms with Crippen LogP contribution in [0.15, 0.2) is 18.5 Å². The van der Waals surface area contributed by atoms with Crippen molar-refractivity contribution >= 4 is 22.8 Å². The van der Waals surface area contributed by atoms with Gasteiger partial charge < -0.3 is 15.6 Å². The number of aromatic amines is 1. The number of carbonyl (C=O) groups excluding carboxylic acids is 2. The molecule has 2 atom stereocenters. The minimum atomic E-state index is -4.82. The summed E-state index contributed by atoms with van der Waals surface area (Å²) < 4.78 is 109. The molecule has 1 aromatic carbocycles. The van der Waals surface area contributed by atoms with E-state index in [2.05, 4.69) is 25.4 Å². The van der Waals surface area contributed by atoms with E-state index in [0.717, 1.165) is 6.07 Å². The van der Waals surface area contributed by atoms with Crippen LogP contribution in [0.5, 0.6) is 0 Å². The summed E-state index contributed by atoms with van der Waals surface area (Å²) in [6.07, 6.45) is -9.02. The summed E-state index contributed by atoms with van der Waals surface area (Å²) >= 11 is 0. The van der Waals surface area contributed by atoms with Crippen LogP contribution in [0.25, 0.3) is 11.0 Å². The highest BCUT2D eigenvalue weighted by Crippen LogP contribution is 2.41. The van der Waals surface area contributed by atoms with Crippen LogP contribution >= 0.6 is 0 Å². The van der Waals surface area contributed by atoms with E-state index in [9.17, 15) is 40.3 Å². The van der Waals surface area contributed by atoms with E-state index in [1.807, 2.05) is 0 Å². The van der Waals surface area contributed by atoms with Crippen molar-refractivity contribution in [3.8, 4) is 0 Å². The number of fused-ring (bicyclic) bond motifs is 1. The number of hydrogen-bond donors (Lipinski definition) is 3. The van der Waals surface area contributed by atoms with Gasteiger partial charge in [-0.1, -0.05) is 6.07 Å². The molecule has 2 aromatic heterocycles. The maximum absolute atomic E-state index is 15.7. The molecule has 2 heterocycles. The van der Waals surface area contributed by atoms with E-state index in [4.69, 9.17) is 0 Å². The Hall–Kier alpha value is -3.79. The van der Waals surface area contributed by atoms with Crippen molar-refractivity contribution in [2.75, 3.05) is 6.54 Å². The fourth-order valence-electron chi connectivity index (χ4n) is 5.16. The number of nitrogens with one attached hydrogen (secondary N) is 3. The van der Waals surface area contributed by atoms with E-state index in [1.54, 1.807) is 13.8 Å². The fourth-order valence-corrected chi connectivity index (χ4v) is 5.16. The lowest BCUT2D eigenvalue weighted by Crippen LogP contribution is -2.38. The quantitative estimate of drug-likeness (QED) is 0.255. The molecule has 3 N–H and O–H groups in total. The van der Waals surface area contributed by atoms with Gasteiger partial charge in [0.15, 0.2) is 5.82 Å². The largest absolute Gasteiger partial charge is 0.405 e. The highest BCUT2D eigenvalue weighted by molar-refractivity contribution is 5.91. The highest BCUT2D eigenvalue weighted by atomic mass is 19.4. The lowest BCUT2D eigenvalue weighted by molar-refractivity contribution is -0.139. The van der Waals surface area contributed by atoms with Crippen LogP contribution in [0.3, 0.4) is 0 Å². The lowest BCUT2D eigenvalue weighted by atomic mass is 9.81. The molecule has 236 valence electrons. The maximum atomic E-state index is 15.7. The number of aromatic nitrogens is 5. The van der Waals surface area contributed by atoms with E-state index in [0.29, 0.717) is 0 Å². The summed E-state index contributed by atoms with van der Waals surface area (Å²) in [5, 5.41) is 8.24. The Labute approximate surface area is 239 Å². The number of hydrogen-bond acceptors (Lipinski definition) is 5. The number of halogens is 8. The molecule has 0 spiro atoms. The van der Waals surface area contributed by atoms with Crippen molar-refractivity contribution in [3.63, 3.8) is 0 Å². The molecule has 3 aromatic rings. The molecule has 9 nitrogen and oxygen atoms in total. The average molecular weight is 624 g/mol. The van der Waals surface area contributed by atoms with Crippen molar-refractivity contribution in [3.05, 3.63) is 41.5 Å². The number of rotatable bonds is 10. The standard InChI is InChI=1S/C26H29F8N7O2/c1-12(2)41-22(36-11-37-41)24(43)40-19(13-5-7-25(30,31)8-6-13)21-38-16-4-3-14(18(29)20(16)39-21)15(9-17(27)28)23(42)35-10-26(32,33)34/h3-4,11-13,15,17,19H,5-10H2,1-2H3,(H,35,42)(H,38,39)(H,40,43). The average Bonchev–Trinajstić information content (AvgIpc) is 3.57. The van der Waals surface area contributed by atoms with Gasteiger partial charge >= 0.3 is 6.18 Å². The number of H-pyrrole nitrogens is 1. The predicted octanol–water partition coefficient (Wildman–Crippen LogP) is 5.59. The van der Waals surface area contributed by atoms with Gasteiger partial charge in [-0.15, -0.1) is 0 Å². The van der Waals surface area contributed by atoms with Crippen LogP contribution in [0, 0.1) is 11.7 Å². The first-order valence-corrected chi connectivity index (χ1v) is 13.4. The van der Waals surface area contributed by atoms with Crippen LogP contribution in [0.4, 0.5) is 35.1 Å². The molecule has 0 radical (unpaired) electrons. The fraction of sp³-hybridized carbons (Fsp3) is 0.577. The van der Waals surface area contributed by atoms with Gasteiger partial charge in [-0.2, -0.15) is 18.3 Å². The number of imidazole rings is 1. The third kappa shape index (κ3) is 7.60. The summed E-state index contributed by atoms with van der Waals surface area (Å²) in [7, 11) is 0. The molecule has 1 fully saturated rings. The first kappa shape index (κ1) is 32.1. The van der Waals surface area contributed by atoms with Crippen LogP contribution in [-0.2, 0) is 4.79 Å². The molecule has 1 aliphatic rings. The lowest BCUT2D eigenvalue weighted by Gasteiger charge is -2.33. The van der Waals surface area contributed by atoms with E-state index in [-0.39, 0.29) is 36.0 Å².